The Morgan fingerprint density at radius 1 is 1.40 bits per heavy atom. The first-order valence-electron chi connectivity index (χ1n) is 6.54. The van der Waals surface area contributed by atoms with Crippen LogP contribution >= 0.6 is 0 Å². The lowest BCUT2D eigenvalue weighted by Crippen LogP contribution is -2.57. The molecule has 1 heterocycles. The van der Waals surface area contributed by atoms with Crippen molar-refractivity contribution in [3.05, 3.63) is 23.8 Å². The number of methoxy groups -OCH3 is 1. The fraction of sp³-hybridized carbons (Fsp3) is 0.429. The van der Waals surface area contributed by atoms with Crippen LogP contribution in [0.2, 0.25) is 0 Å². The summed E-state index contributed by atoms with van der Waals surface area (Å²) in [7, 11) is 1.57. The van der Waals surface area contributed by atoms with Crippen molar-refractivity contribution < 1.29 is 14.3 Å². The number of nitrogen functional groups attached to an aromatic ring is 1. The summed E-state index contributed by atoms with van der Waals surface area (Å²) in [6.45, 7) is 2.62. The molecule has 0 saturated carbocycles. The molecule has 0 spiro atoms. The van der Waals surface area contributed by atoms with Gasteiger partial charge in [0.2, 0.25) is 11.8 Å². The van der Waals surface area contributed by atoms with Gasteiger partial charge in [0.05, 0.1) is 19.7 Å². The Morgan fingerprint density at radius 2 is 2.15 bits per heavy atom. The Kier molecular flexibility index (Phi) is 4.24. The van der Waals surface area contributed by atoms with Crippen LogP contribution in [0.15, 0.2) is 18.2 Å². The third-order valence-electron chi connectivity index (χ3n) is 3.35. The van der Waals surface area contributed by atoms with E-state index in [1.54, 1.807) is 13.2 Å². The molecule has 1 aliphatic rings. The lowest BCUT2D eigenvalue weighted by Gasteiger charge is -2.33. The molecule has 2 rings (SSSR count). The predicted octanol–water partition coefficient (Wildman–Crippen LogP) is 0.514. The number of anilines is 1. The largest absolute Gasteiger partial charge is 0.497 e. The molecule has 0 radical (unpaired) electrons. The van der Waals surface area contributed by atoms with Crippen LogP contribution in [0.1, 0.15) is 18.9 Å². The van der Waals surface area contributed by atoms with Crippen LogP contribution < -0.4 is 15.8 Å². The molecule has 3 N–H and O–H groups in total. The van der Waals surface area contributed by atoms with E-state index >= 15 is 0 Å². The Bertz CT molecular complexity index is 530. The van der Waals surface area contributed by atoms with Gasteiger partial charge in [-0.25, -0.2) is 0 Å². The highest BCUT2D eigenvalue weighted by molar-refractivity contribution is 6.01. The first-order chi connectivity index (χ1) is 9.53. The second-order valence-corrected chi connectivity index (χ2v) is 4.86. The highest BCUT2D eigenvalue weighted by atomic mass is 16.5. The summed E-state index contributed by atoms with van der Waals surface area (Å²) in [5, 5.41) is 2.36. The zero-order valence-corrected chi connectivity index (χ0v) is 11.7. The van der Waals surface area contributed by atoms with Crippen molar-refractivity contribution in [1.29, 1.82) is 0 Å². The number of nitrogens with zero attached hydrogens (tertiary/aromatic N) is 1. The molecule has 1 atom stereocenters. The summed E-state index contributed by atoms with van der Waals surface area (Å²) in [6, 6.07) is 5.13. The molecule has 108 valence electrons. The number of rotatable bonds is 4. The van der Waals surface area contributed by atoms with E-state index in [0.29, 0.717) is 24.4 Å². The molecule has 1 fully saturated rings. The molecule has 1 aromatic rings. The molecule has 20 heavy (non-hydrogen) atoms. The molecule has 1 aromatic carbocycles. The van der Waals surface area contributed by atoms with Gasteiger partial charge in [-0.1, -0.05) is 6.92 Å². The average Bonchev–Trinajstić information content (AvgIpc) is 2.37. The van der Waals surface area contributed by atoms with Crippen LogP contribution in [0.4, 0.5) is 5.69 Å². The van der Waals surface area contributed by atoms with Crippen LogP contribution in [-0.4, -0.2) is 36.4 Å². The van der Waals surface area contributed by atoms with Crippen molar-refractivity contribution in [2.75, 3.05) is 19.4 Å². The highest BCUT2D eigenvalue weighted by Crippen LogP contribution is 2.21. The molecular weight excluding hydrogens is 258 g/mol. The summed E-state index contributed by atoms with van der Waals surface area (Å²) in [5.41, 5.74) is 7.33. The fourth-order valence-corrected chi connectivity index (χ4v) is 2.46. The number of piperazine rings is 1. The number of amides is 2. The van der Waals surface area contributed by atoms with Gasteiger partial charge in [-0.3, -0.25) is 19.8 Å². The van der Waals surface area contributed by atoms with Crippen LogP contribution in [0.5, 0.6) is 5.75 Å². The Labute approximate surface area is 117 Å². The molecule has 2 amide bonds. The number of hydrogen-bond donors (Lipinski definition) is 2. The van der Waals surface area contributed by atoms with E-state index < -0.39 is 0 Å². The Morgan fingerprint density at radius 3 is 2.80 bits per heavy atom. The maximum absolute atomic E-state index is 11.8. The van der Waals surface area contributed by atoms with Gasteiger partial charge in [0.15, 0.2) is 0 Å². The second kappa shape index (κ2) is 5.92. The third-order valence-corrected chi connectivity index (χ3v) is 3.35. The zero-order valence-electron chi connectivity index (χ0n) is 11.7. The maximum Gasteiger partial charge on any atom is 0.243 e. The number of carbonyl (C=O) groups is 2. The quantitative estimate of drug-likeness (QED) is 0.619. The van der Waals surface area contributed by atoms with Gasteiger partial charge < -0.3 is 10.5 Å². The topological polar surface area (TPSA) is 84.7 Å². The number of carbonyl (C=O) groups excluding carboxylic acids is 2. The molecule has 0 aliphatic carbocycles. The number of imide groups is 1. The monoisotopic (exact) mass is 277 g/mol. The fourth-order valence-electron chi connectivity index (χ4n) is 2.46. The first kappa shape index (κ1) is 14.3. The third kappa shape index (κ3) is 3.08. The number of hydrogen-bond acceptors (Lipinski definition) is 5. The van der Waals surface area contributed by atoms with E-state index in [9.17, 15) is 9.59 Å². The summed E-state index contributed by atoms with van der Waals surface area (Å²) in [4.78, 5) is 25.2. The van der Waals surface area contributed by atoms with E-state index in [1.807, 2.05) is 24.0 Å². The molecule has 1 saturated heterocycles. The minimum absolute atomic E-state index is 0.210. The Hall–Kier alpha value is -2.08. The van der Waals surface area contributed by atoms with Gasteiger partial charge in [0.25, 0.3) is 0 Å². The van der Waals surface area contributed by atoms with Gasteiger partial charge in [-0.2, -0.15) is 0 Å². The van der Waals surface area contributed by atoms with Gasteiger partial charge in [-0.15, -0.1) is 0 Å². The summed E-state index contributed by atoms with van der Waals surface area (Å²) < 4.78 is 5.18. The zero-order chi connectivity index (χ0) is 14.7. The second-order valence-electron chi connectivity index (χ2n) is 4.86. The molecule has 1 unspecified atom stereocenters. The lowest BCUT2D eigenvalue weighted by atomic mass is 10.1. The van der Waals surface area contributed by atoms with E-state index in [4.69, 9.17) is 10.5 Å². The number of nitrogens with two attached hydrogens (primary N) is 1. The van der Waals surface area contributed by atoms with Crippen LogP contribution in [0, 0.1) is 0 Å². The summed E-state index contributed by atoms with van der Waals surface area (Å²) in [6.07, 6.45) is 0.651. The predicted molar refractivity (Wildman–Crippen MR) is 75.0 cm³/mol. The summed E-state index contributed by atoms with van der Waals surface area (Å²) >= 11 is 0. The SMILES string of the molecule is CCC1C(=O)NC(=O)CN1Cc1cc(N)cc(OC)c1. The van der Waals surface area contributed by atoms with Crippen LogP contribution in [0.25, 0.3) is 0 Å². The lowest BCUT2D eigenvalue weighted by molar-refractivity contribution is -0.140. The van der Waals surface area contributed by atoms with Crippen molar-refractivity contribution >= 4 is 17.5 Å². The van der Waals surface area contributed by atoms with Gasteiger partial charge >= 0.3 is 0 Å². The van der Waals surface area contributed by atoms with Gasteiger partial charge in [-0.05, 0) is 24.1 Å². The molecule has 0 bridgehead atoms. The average molecular weight is 277 g/mol. The maximum atomic E-state index is 11.8. The summed E-state index contributed by atoms with van der Waals surface area (Å²) in [5.74, 6) is 0.163. The van der Waals surface area contributed by atoms with E-state index in [0.717, 1.165) is 5.56 Å². The normalized spacial score (nSPS) is 19.8. The van der Waals surface area contributed by atoms with E-state index in [-0.39, 0.29) is 24.4 Å². The number of ether oxygens (including phenoxy) is 1. The minimum Gasteiger partial charge on any atom is -0.497 e. The Balaban J connectivity index is 2.20. The van der Waals surface area contributed by atoms with Crippen molar-refractivity contribution in [2.45, 2.75) is 25.9 Å². The number of benzene rings is 1. The molecule has 6 nitrogen and oxygen atoms in total. The van der Waals surface area contributed by atoms with Crippen LogP contribution in [0.3, 0.4) is 0 Å². The molecule has 6 heteroatoms. The molecular formula is C14H19N3O3. The molecule has 0 aromatic heterocycles. The van der Waals surface area contributed by atoms with Gasteiger partial charge in [0, 0.05) is 18.3 Å². The smallest absolute Gasteiger partial charge is 0.243 e. The van der Waals surface area contributed by atoms with Crippen molar-refractivity contribution in [3.63, 3.8) is 0 Å². The number of nitrogens with one attached hydrogen (secondary N) is 1. The highest BCUT2D eigenvalue weighted by Gasteiger charge is 2.32. The van der Waals surface area contributed by atoms with E-state index in [2.05, 4.69) is 5.32 Å². The first-order valence-corrected chi connectivity index (χ1v) is 6.54. The van der Waals surface area contributed by atoms with Crippen LogP contribution in [-0.2, 0) is 16.1 Å². The van der Waals surface area contributed by atoms with E-state index in [1.165, 1.54) is 0 Å². The molecule has 1 aliphatic heterocycles. The van der Waals surface area contributed by atoms with Crippen molar-refractivity contribution in [1.82, 2.24) is 10.2 Å². The van der Waals surface area contributed by atoms with Crippen molar-refractivity contribution in [3.8, 4) is 5.75 Å². The standard InChI is InChI=1S/C14H19N3O3/c1-3-12-14(19)16-13(18)8-17(12)7-9-4-10(15)6-11(5-9)20-2/h4-6,12H,3,7-8,15H2,1-2H3,(H,16,18,19). The van der Waals surface area contributed by atoms with Gasteiger partial charge in [0.1, 0.15) is 5.75 Å². The minimum atomic E-state index is -0.292. The van der Waals surface area contributed by atoms with Crippen molar-refractivity contribution in [2.24, 2.45) is 0 Å².